The zero-order chi connectivity index (χ0) is 16.3. The molecule has 22 heavy (non-hydrogen) atoms. The third-order valence-electron chi connectivity index (χ3n) is 4.49. The fraction of sp³-hybridized carbons (Fsp3) is 0.900. The van der Waals surface area contributed by atoms with Crippen LogP contribution in [0.25, 0.3) is 0 Å². The summed E-state index contributed by atoms with van der Waals surface area (Å²) in [6, 6.07) is 0. The molecule has 3 fully saturated rings. The molecule has 5 atom stereocenters. The zero-order valence-corrected chi connectivity index (χ0v) is 12.7. The van der Waals surface area contributed by atoms with E-state index in [4.69, 9.17) is 14.2 Å². The SMILES string of the molecule is CC12CC3OS(=O)(=O)C(C3C1)C2OC(=O)C(F)(F)SOOO. The maximum atomic E-state index is 13.5. The number of alkyl halides is 2. The maximum absolute atomic E-state index is 13.5. The van der Waals surface area contributed by atoms with Gasteiger partial charge in [-0.15, -0.1) is 4.33 Å². The van der Waals surface area contributed by atoms with E-state index < -0.39 is 56.3 Å². The van der Waals surface area contributed by atoms with Gasteiger partial charge in [-0.2, -0.15) is 17.2 Å². The lowest BCUT2D eigenvalue weighted by Crippen LogP contribution is -2.46. The minimum Gasteiger partial charge on any atom is -0.455 e. The van der Waals surface area contributed by atoms with E-state index in [9.17, 15) is 22.0 Å². The minimum atomic E-state index is -4.16. The van der Waals surface area contributed by atoms with Crippen molar-refractivity contribution < 1.29 is 45.5 Å². The molecule has 12 heteroatoms. The van der Waals surface area contributed by atoms with Gasteiger partial charge in [0.05, 0.1) is 6.10 Å². The first-order valence-corrected chi connectivity index (χ1v) is 8.49. The van der Waals surface area contributed by atoms with Gasteiger partial charge in [0, 0.05) is 11.3 Å². The second kappa shape index (κ2) is 4.98. The van der Waals surface area contributed by atoms with Crippen LogP contribution in [0.2, 0.25) is 0 Å². The van der Waals surface area contributed by atoms with Gasteiger partial charge in [0.1, 0.15) is 23.4 Å². The first kappa shape index (κ1) is 16.3. The summed E-state index contributed by atoms with van der Waals surface area (Å²) in [5, 5.41) is 5.57. The topological polar surface area (TPSA) is 108 Å². The number of esters is 1. The molecule has 2 bridgehead atoms. The molecule has 0 radical (unpaired) electrons. The molecular weight excluding hydrogens is 350 g/mol. The number of fused-ring (bicyclic) bond motifs is 1. The van der Waals surface area contributed by atoms with E-state index in [2.05, 4.69) is 9.37 Å². The van der Waals surface area contributed by atoms with E-state index in [0.717, 1.165) is 0 Å². The van der Waals surface area contributed by atoms with E-state index in [1.165, 1.54) is 0 Å². The van der Waals surface area contributed by atoms with Crippen molar-refractivity contribution in [2.45, 2.75) is 42.5 Å². The number of carbonyl (C=O) groups excluding carboxylic acids is 1. The van der Waals surface area contributed by atoms with Gasteiger partial charge in [0.25, 0.3) is 10.1 Å². The van der Waals surface area contributed by atoms with E-state index in [0.29, 0.717) is 12.8 Å². The lowest BCUT2D eigenvalue weighted by molar-refractivity contribution is -0.433. The highest BCUT2D eigenvalue weighted by Gasteiger charge is 2.71. The highest BCUT2D eigenvalue weighted by Crippen LogP contribution is 2.62. The van der Waals surface area contributed by atoms with Gasteiger partial charge < -0.3 is 4.74 Å². The Bertz CT molecular complexity index is 592. The molecule has 3 rings (SSSR count). The molecule has 2 saturated carbocycles. The van der Waals surface area contributed by atoms with Gasteiger partial charge in [0.2, 0.25) is 0 Å². The van der Waals surface area contributed by atoms with Crippen LogP contribution in [0, 0.1) is 11.3 Å². The molecule has 0 amide bonds. The summed E-state index contributed by atoms with van der Waals surface area (Å²) in [5.74, 6) is -2.32. The number of ether oxygens (including phenoxy) is 1. The first-order valence-electron chi connectivity index (χ1n) is 6.28. The summed E-state index contributed by atoms with van der Waals surface area (Å²) in [6.07, 6.45) is -0.944. The third-order valence-corrected chi connectivity index (χ3v) is 6.77. The first-order chi connectivity index (χ1) is 10.1. The Hall–Kier alpha value is -0.530. The van der Waals surface area contributed by atoms with Crippen LogP contribution in [-0.4, -0.2) is 42.4 Å². The zero-order valence-electron chi connectivity index (χ0n) is 11.1. The Morgan fingerprint density at radius 1 is 1.45 bits per heavy atom. The van der Waals surface area contributed by atoms with Crippen LogP contribution in [0.3, 0.4) is 0 Å². The molecule has 8 nitrogen and oxygen atoms in total. The Morgan fingerprint density at radius 3 is 2.77 bits per heavy atom. The van der Waals surface area contributed by atoms with Crippen molar-refractivity contribution in [2.24, 2.45) is 11.3 Å². The summed E-state index contributed by atoms with van der Waals surface area (Å²) >= 11 is -0.753. The van der Waals surface area contributed by atoms with Crippen molar-refractivity contribution in [2.75, 3.05) is 0 Å². The lowest BCUT2D eigenvalue weighted by atomic mass is 9.82. The van der Waals surface area contributed by atoms with Crippen LogP contribution in [0.5, 0.6) is 0 Å². The van der Waals surface area contributed by atoms with Gasteiger partial charge >= 0.3 is 11.2 Å². The number of hydrogen-bond acceptors (Lipinski definition) is 9. The van der Waals surface area contributed by atoms with Crippen molar-refractivity contribution >= 4 is 28.1 Å². The van der Waals surface area contributed by atoms with Gasteiger partial charge in [0.15, 0.2) is 0 Å². The molecule has 0 aromatic heterocycles. The van der Waals surface area contributed by atoms with E-state index in [-0.39, 0.29) is 5.92 Å². The monoisotopic (exact) mass is 362 g/mol. The Labute approximate surface area is 128 Å². The molecule has 1 heterocycles. The molecule has 1 saturated heterocycles. The average molecular weight is 362 g/mol. The predicted molar refractivity (Wildman–Crippen MR) is 65.6 cm³/mol. The fourth-order valence-electron chi connectivity index (χ4n) is 3.74. The standard InChI is InChI=1S/C10H12F2O8S2/c1-9-2-4-5(3-9)18-22(15,16)6(4)7(9)17-8(13)10(11,12)21-20-19-14/h4-7,14H,2-3H2,1H3. The van der Waals surface area contributed by atoms with E-state index >= 15 is 0 Å². The number of hydrogen-bond donors (Lipinski definition) is 1. The molecule has 0 spiro atoms. The summed E-state index contributed by atoms with van der Waals surface area (Å²) in [6.45, 7) is 1.68. The van der Waals surface area contributed by atoms with Crippen LogP contribution in [-0.2, 0) is 33.2 Å². The molecule has 1 N–H and O–H groups in total. The van der Waals surface area contributed by atoms with Crippen LogP contribution in [0.4, 0.5) is 8.78 Å². The predicted octanol–water partition coefficient (Wildman–Crippen LogP) is 1.09. The lowest BCUT2D eigenvalue weighted by Gasteiger charge is -2.32. The summed E-state index contributed by atoms with van der Waals surface area (Å²) < 4.78 is 64.1. The van der Waals surface area contributed by atoms with Crippen molar-refractivity contribution in [1.82, 2.24) is 0 Å². The average Bonchev–Trinajstić information content (AvgIpc) is 2.91. The van der Waals surface area contributed by atoms with Crippen molar-refractivity contribution in [3.8, 4) is 0 Å². The van der Waals surface area contributed by atoms with Crippen molar-refractivity contribution in [1.29, 1.82) is 0 Å². The van der Waals surface area contributed by atoms with Crippen LogP contribution in [0.15, 0.2) is 0 Å². The van der Waals surface area contributed by atoms with Gasteiger partial charge in [-0.3, -0.25) is 4.18 Å². The normalized spacial score (nSPS) is 41.8. The highest BCUT2D eigenvalue weighted by atomic mass is 32.2. The fourth-order valence-corrected chi connectivity index (χ4v) is 6.04. The molecule has 5 unspecified atom stereocenters. The molecule has 0 aromatic carbocycles. The summed E-state index contributed by atoms with van der Waals surface area (Å²) in [4.78, 5) is 11.6. The Balaban J connectivity index is 1.79. The van der Waals surface area contributed by atoms with Crippen LogP contribution >= 0.6 is 12.0 Å². The van der Waals surface area contributed by atoms with Crippen LogP contribution in [0.1, 0.15) is 19.8 Å². The van der Waals surface area contributed by atoms with E-state index in [1.54, 1.807) is 6.92 Å². The molecule has 3 aliphatic rings. The Kier molecular flexibility index (Phi) is 3.70. The smallest absolute Gasteiger partial charge is 0.415 e. The second-order valence-electron chi connectivity index (χ2n) is 5.89. The highest BCUT2D eigenvalue weighted by molar-refractivity contribution is 7.96. The molecule has 0 aromatic rings. The van der Waals surface area contributed by atoms with Gasteiger partial charge in [-0.25, -0.2) is 10.1 Å². The maximum Gasteiger partial charge on any atom is 0.415 e. The number of carbonyl (C=O) groups is 1. The summed E-state index contributed by atoms with van der Waals surface area (Å²) in [5.41, 5.74) is -0.728. The molecule has 126 valence electrons. The number of rotatable bonds is 5. The van der Waals surface area contributed by atoms with Crippen molar-refractivity contribution in [3.63, 3.8) is 0 Å². The molecular formula is C10H12F2O8S2. The second-order valence-corrected chi connectivity index (χ2v) is 8.42. The Morgan fingerprint density at radius 2 is 2.14 bits per heavy atom. The molecule has 2 aliphatic carbocycles. The van der Waals surface area contributed by atoms with Gasteiger partial charge in [-0.1, -0.05) is 12.0 Å². The minimum absolute atomic E-state index is 0.320. The largest absolute Gasteiger partial charge is 0.455 e. The molecule has 1 aliphatic heterocycles. The quantitative estimate of drug-likeness (QED) is 0.253. The third kappa shape index (κ3) is 2.32. The van der Waals surface area contributed by atoms with Crippen LogP contribution < -0.4 is 0 Å². The summed E-state index contributed by atoms with van der Waals surface area (Å²) in [7, 11) is -3.95. The van der Waals surface area contributed by atoms with Gasteiger partial charge in [-0.05, 0) is 12.8 Å². The van der Waals surface area contributed by atoms with E-state index in [1.807, 2.05) is 0 Å². The number of halogens is 2. The van der Waals surface area contributed by atoms with Crippen molar-refractivity contribution in [3.05, 3.63) is 0 Å².